The van der Waals surface area contributed by atoms with Gasteiger partial charge in [-0.3, -0.25) is 4.79 Å². The fourth-order valence-electron chi connectivity index (χ4n) is 4.94. The molecule has 35 heavy (non-hydrogen) atoms. The van der Waals surface area contributed by atoms with Crippen LogP contribution in [0, 0.1) is 6.92 Å². The van der Waals surface area contributed by atoms with Crippen LogP contribution in [0.5, 0.6) is 11.5 Å². The lowest BCUT2D eigenvalue weighted by atomic mass is 9.96. The Bertz CT molecular complexity index is 1460. The maximum absolute atomic E-state index is 13.8. The van der Waals surface area contributed by atoms with Gasteiger partial charge in [0.15, 0.2) is 11.5 Å². The van der Waals surface area contributed by atoms with E-state index in [1.807, 2.05) is 69.8 Å². The van der Waals surface area contributed by atoms with Crippen LogP contribution in [0.15, 0.2) is 59.5 Å². The molecule has 1 unspecified atom stereocenters. The highest BCUT2D eigenvalue weighted by Gasteiger charge is 2.26. The maximum atomic E-state index is 13.8. The zero-order valence-corrected chi connectivity index (χ0v) is 21.2. The summed E-state index contributed by atoms with van der Waals surface area (Å²) in [7, 11) is 1.84. The van der Waals surface area contributed by atoms with Gasteiger partial charge in [-0.25, -0.2) is 0 Å². The van der Waals surface area contributed by atoms with Crippen molar-refractivity contribution in [1.29, 1.82) is 0 Å². The molecule has 182 valence electrons. The number of aryl methyl sites for hydroxylation is 1. The second-order valence-electron chi connectivity index (χ2n) is 10.3. The average Bonchev–Trinajstić information content (AvgIpc) is 3.42. The van der Waals surface area contributed by atoms with Crippen LogP contribution in [0.1, 0.15) is 50.6 Å². The summed E-state index contributed by atoms with van der Waals surface area (Å²) in [5.74, 6) is 1.49. The highest BCUT2D eigenvalue weighted by Crippen LogP contribution is 2.37. The molecule has 3 heterocycles. The number of aromatic nitrogens is 2. The largest absolute Gasteiger partial charge is 0.454 e. The maximum Gasteiger partial charge on any atom is 0.275 e. The molecule has 2 aromatic carbocycles. The standard InChI is InChI=1S/C29H32N2O4/c1-18-7-10-21(11-8-18)25-22-13-14-31(16-20-9-12-23-24(15-20)34-17-33-23)27(22)28(32)30(6)26(25)19(2)35-29(3,4)5/h7-15,19H,16-17H2,1-6H3. The zero-order valence-electron chi connectivity index (χ0n) is 21.2. The summed E-state index contributed by atoms with van der Waals surface area (Å²) in [5.41, 5.74) is 5.49. The van der Waals surface area contributed by atoms with Gasteiger partial charge >= 0.3 is 0 Å². The number of hydrogen-bond acceptors (Lipinski definition) is 4. The Labute approximate surface area is 205 Å². The Kier molecular flexibility index (Phi) is 5.72. The van der Waals surface area contributed by atoms with E-state index in [0.717, 1.165) is 39.3 Å². The van der Waals surface area contributed by atoms with Crippen LogP contribution in [-0.2, 0) is 18.3 Å². The number of rotatable bonds is 5. The van der Waals surface area contributed by atoms with Gasteiger partial charge in [0.2, 0.25) is 6.79 Å². The van der Waals surface area contributed by atoms with Crippen molar-refractivity contribution in [3.63, 3.8) is 0 Å². The number of pyridine rings is 1. The van der Waals surface area contributed by atoms with Crippen LogP contribution in [0.3, 0.4) is 0 Å². The van der Waals surface area contributed by atoms with Crippen molar-refractivity contribution in [1.82, 2.24) is 9.13 Å². The Hall–Kier alpha value is -3.51. The van der Waals surface area contributed by atoms with Crippen molar-refractivity contribution in [2.24, 2.45) is 7.05 Å². The third-order valence-corrected chi connectivity index (χ3v) is 6.40. The highest BCUT2D eigenvalue weighted by atomic mass is 16.7. The van der Waals surface area contributed by atoms with Crippen molar-refractivity contribution in [3.05, 3.63) is 81.9 Å². The molecule has 0 amide bonds. The molecule has 0 saturated heterocycles. The van der Waals surface area contributed by atoms with E-state index in [4.69, 9.17) is 14.2 Å². The van der Waals surface area contributed by atoms with Gasteiger partial charge in [0, 0.05) is 30.7 Å². The van der Waals surface area contributed by atoms with Gasteiger partial charge < -0.3 is 23.3 Å². The summed E-state index contributed by atoms with van der Waals surface area (Å²) in [5, 5.41) is 0.928. The van der Waals surface area contributed by atoms with E-state index in [1.165, 1.54) is 5.56 Å². The molecule has 0 aliphatic carbocycles. The minimum Gasteiger partial charge on any atom is -0.454 e. The van der Waals surface area contributed by atoms with Crippen LogP contribution in [0.25, 0.3) is 22.0 Å². The summed E-state index contributed by atoms with van der Waals surface area (Å²) >= 11 is 0. The van der Waals surface area contributed by atoms with Gasteiger partial charge in [0.05, 0.1) is 17.4 Å². The van der Waals surface area contributed by atoms with E-state index in [-0.39, 0.29) is 24.1 Å². The van der Waals surface area contributed by atoms with E-state index in [1.54, 1.807) is 4.57 Å². The van der Waals surface area contributed by atoms with Gasteiger partial charge in [-0.15, -0.1) is 0 Å². The Morgan fingerprint density at radius 2 is 1.74 bits per heavy atom. The van der Waals surface area contributed by atoms with Gasteiger partial charge in [0.1, 0.15) is 5.52 Å². The van der Waals surface area contributed by atoms with E-state index in [0.29, 0.717) is 12.1 Å². The predicted molar refractivity (Wildman–Crippen MR) is 138 cm³/mol. The number of ether oxygens (including phenoxy) is 3. The topological polar surface area (TPSA) is 54.6 Å². The molecule has 0 fully saturated rings. The first-order valence-electron chi connectivity index (χ1n) is 12.0. The Morgan fingerprint density at radius 1 is 1.03 bits per heavy atom. The molecule has 1 aliphatic heterocycles. The third-order valence-electron chi connectivity index (χ3n) is 6.40. The van der Waals surface area contributed by atoms with Gasteiger partial charge in [-0.05, 0) is 63.9 Å². The van der Waals surface area contributed by atoms with Gasteiger partial charge in [0.25, 0.3) is 5.56 Å². The van der Waals surface area contributed by atoms with Crippen molar-refractivity contribution >= 4 is 10.9 Å². The Morgan fingerprint density at radius 3 is 2.46 bits per heavy atom. The zero-order chi connectivity index (χ0) is 24.9. The molecule has 6 heteroatoms. The molecule has 1 atom stereocenters. The number of nitrogens with zero attached hydrogens (tertiary/aromatic N) is 2. The molecule has 2 aromatic heterocycles. The van der Waals surface area contributed by atoms with E-state index < -0.39 is 0 Å². The molecule has 6 nitrogen and oxygen atoms in total. The summed E-state index contributed by atoms with van der Waals surface area (Å²) < 4.78 is 21.1. The summed E-state index contributed by atoms with van der Waals surface area (Å²) in [4.78, 5) is 13.8. The van der Waals surface area contributed by atoms with E-state index in [2.05, 4.69) is 31.2 Å². The highest BCUT2D eigenvalue weighted by molar-refractivity contribution is 5.96. The second kappa shape index (κ2) is 8.61. The monoisotopic (exact) mass is 472 g/mol. The average molecular weight is 473 g/mol. The molecule has 0 saturated carbocycles. The molecule has 0 bridgehead atoms. The normalized spacial score (nSPS) is 14.0. The van der Waals surface area contributed by atoms with Crippen molar-refractivity contribution < 1.29 is 14.2 Å². The van der Waals surface area contributed by atoms with Crippen molar-refractivity contribution in [3.8, 4) is 22.6 Å². The lowest BCUT2D eigenvalue weighted by molar-refractivity contribution is -0.0557. The first kappa shape index (κ1) is 23.2. The minimum absolute atomic E-state index is 0.0408. The van der Waals surface area contributed by atoms with Gasteiger partial charge in [-0.1, -0.05) is 35.9 Å². The predicted octanol–water partition coefficient (Wildman–Crippen LogP) is 5.97. The number of benzene rings is 2. The first-order chi connectivity index (χ1) is 16.6. The van der Waals surface area contributed by atoms with Gasteiger partial charge in [-0.2, -0.15) is 0 Å². The fraction of sp³-hybridized carbons (Fsp3) is 0.345. The lowest BCUT2D eigenvalue weighted by Crippen LogP contribution is -2.28. The van der Waals surface area contributed by atoms with Crippen LogP contribution in [-0.4, -0.2) is 21.5 Å². The number of hydrogen-bond donors (Lipinski definition) is 0. The molecule has 5 rings (SSSR count). The summed E-state index contributed by atoms with van der Waals surface area (Å²) in [6, 6.07) is 16.4. The first-order valence-corrected chi connectivity index (χ1v) is 12.0. The van der Waals surface area contributed by atoms with Crippen LogP contribution < -0.4 is 15.0 Å². The van der Waals surface area contributed by atoms with E-state index in [9.17, 15) is 4.79 Å². The van der Waals surface area contributed by atoms with Crippen molar-refractivity contribution in [2.45, 2.75) is 52.9 Å². The molecule has 0 N–H and O–H groups in total. The lowest BCUT2D eigenvalue weighted by Gasteiger charge is -2.28. The SMILES string of the molecule is Cc1ccc(-c2c(C(C)OC(C)(C)C)n(C)c(=O)c3c2ccn3Cc2ccc3c(c2)OCO3)cc1. The smallest absolute Gasteiger partial charge is 0.275 e. The molecular formula is C29H32N2O4. The minimum atomic E-state index is -0.347. The van der Waals surface area contributed by atoms with Crippen LogP contribution >= 0.6 is 0 Å². The molecular weight excluding hydrogens is 440 g/mol. The quantitative estimate of drug-likeness (QED) is 0.359. The number of fused-ring (bicyclic) bond motifs is 2. The fourth-order valence-corrected chi connectivity index (χ4v) is 4.94. The Balaban J connectivity index is 1.70. The summed E-state index contributed by atoms with van der Waals surface area (Å²) in [6.45, 7) is 11.0. The third kappa shape index (κ3) is 4.34. The van der Waals surface area contributed by atoms with Crippen LogP contribution in [0.4, 0.5) is 0 Å². The second-order valence-corrected chi connectivity index (χ2v) is 10.3. The van der Waals surface area contributed by atoms with E-state index >= 15 is 0 Å². The molecule has 0 radical (unpaired) electrons. The van der Waals surface area contributed by atoms with Crippen LogP contribution in [0.2, 0.25) is 0 Å². The molecule has 1 aliphatic rings. The van der Waals surface area contributed by atoms with Crippen molar-refractivity contribution in [2.75, 3.05) is 6.79 Å². The molecule has 0 spiro atoms. The molecule has 4 aromatic rings. The summed E-state index contributed by atoms with van der Waals surface area (Å²) in [6.07, 6.45) is 1.72.